The summed E-state index contributed by atoms with van der Waals surface area (Å²) in [6, 6.07) is 4.55. The molecule has 1 aromatic heterocycles. The molecule has 0 fully saturated rings. The zero-order valence-electron chi connectivity index (χ0n) is 10.6. The molecule has 5 heteroatoms. The largest absolute Gasteiger partial charge is 0.453 e. The van der Waals surface area contributed by atoms with Crippen molar-refractivity contribution in [3.05, 3.63) is 22.6 Å². The van der Waals surface area contributed by atoms with E-state index in [-0.39, 0.29) is 6.04 Å². The summed E-state index contributed by atoms with van der Waals surface area (Å²) in [6.07, 6.45) is 3.30. The third-order valence-electron chi connectivity index (χ3n) is 3.07. The van der Waals surface area contributed by atoms with Crippen molar-refractivity contribution in [1.82, 2.24) is 4.90 Å². The second kappa shape index (κ2) is 7.46. The molecule has 0 spiro atoms. The van der Waals surface area contributed by atoms with Crippen molar-refractivity contribution >= 4 is 27.7 Å². The van der Waals surface area contributed by atoms with Crippen molar-refractivity contribution in [1.29, 1.82) is 0 Å². The van der Waals surface area contributed by atoms with Gasteiger partial charge in [-0.05, 0) is 60.5 Å². The Labute approximate surface area is 116 Å². The van der Waals surface area contributed by atoms with E-state index in [0.717, 1.165) is 16.9 Å². The maximum Gasteiger partial charge on any atom is 0.169 e. The van der Waals surface area contributed by atoms with Crippen LogP contribution in [0.5, 0.6) is 0 Å². The minimum atomic E-state index is 0.151. The van der Waals surface area contributed by atoms with E-state index in [1.54, 1.807) is 0 Å². The van der Waals surface area contributed by atoms with Crippen LogP contribution in [0.15, 0.2) is 21.2 Å². The minimum absolute atomic E-state index is 0.151. The van der Waals surface area contributed by atoms with Gasteiger partial charge >= 0.3 is 0 Å². The van der Waals surface area contributed by atoms with Crippen molar-refractivity contribution < 1.29 is 4.42 Å². The average molecular weight is 321 g/mol. The molecule has 2 atom stereocenters. The lowest BCUT2D eigenvalue weighted by Gasteiger charge is -2.31. The molecule has 2 unspecified atom stereocenters. The Morgan fingerprint density at radius 2 is 2.24 bits per heavy atom. The topological polar surface area (TPSA) is 42.4 Å². The van der Waals surface area contributed by atoms with Crippen molar-refractivity contribution in [3.63, 3.8) is 0 Å². The zero-order chi connectivity index (χ0) is 12.8. The maximum absolute atomic E-state index is 5.86. The van der Waals surface area contributed by atoms with Crippen LogP contribution in [-0.2, 0) is 0 Å². The highest BCUT2D eigenvalue weighted by molar-refractivity contribution is 9.10. The Morgan fingerprint density at radius 3 is 2.71 bits per heavy atom. The molecule has 0 aromatic carbocycles. The molecule has 0 aliphatic rings. The third kappa shape index (κ3) is 4.32. The van der Waals surface area contributed by atoms with Crippen LogP contribution < -0.4 is 5.73 Å². The summed E-state index contributed by atoms with van der Waals surface area (Å²) >= 11 is 5.21. The Bertz CT molecular complexity index is 332. The number of likely N-dealkylation sites (N-methyl/N-ethyl adjacent to an activating group) is 1. The van der Waals surface area contributed by atoms with Crippen LogP contribution in [0.3, 0.4) is 0 Å². The predicted molar refractivity (Wildman–Crippen MR) is 78.4 cm³/mol. The van der Waals surface area contributed by atoms with Gasteiger partial charge in [0.15, 0.2) is 4.67 Å². The van der Waals surface area contributed by atoms with Gasteiger partial charge in [-0.25, -0.2) is 0 Å². The van der Waals surface area contributed by atoms with Gasteiger partial charge in [-0.15, -0.1) is 0 Å². The first-order valence-electron chi connectivity index (χ1n) is 5.76. The molecule has 0 saturated heterocycles. The third-order valence-corrected chi connectivity index (χ3v) is 4.14. The van der Waals surface area contributed by atoms with Gasteiger partial charge in [0.1, 0.15) is 5.76 Å². The van der Waals surface area contributed by atoms with Gasteiger partial charge in [-0.1, -0.05) is 0 Å². The van der Waals surface area contributed by atoms with Crippen molar-refractivity contribution in [2.24, 2.45) is 5.73 Å². The van der Waals surface area contributed by atoms with Crippen LogP contribution in [0.4, 0.5) is 0 Å². The normalized spacial score (nSPS) is 15.2. The summed E-state index contributed by atoms with van der Waals surface area (Å²) < 4.78 is 6.36. The van der Waals surface area contributed by atoms with Gasteiger partial charge in [0, 0.05) is 12.6 Å². The summed E-state index contributed by atoms with van der Waals surface area (Å²) in [4.78, 5) is 2.29. The van der Waals surface area contributed by atoms with E-state index in [9.17, 15) is 0 Å². The molecule has 0 bridgehead atoms. The Kier molecular flexibility index (Phi) is 6.62. The standard InChI is InChI=1S/C12H21BrN2OS/c1-9(6-7-17-3)15(2)10(8-14)11-4-5-12(13)16-11/h4-5,9-10H,6-8,14H2,1-3H3. The molecule has 17 heavy (non-hydrogen) atoms. The van der Waals surface area contributed by atoms with Gasteiger partial charge in [0.25, 0.3) is 0 Å². The van der Waals surface area contributed by atoms with Crippen molar-refractivity contribution in [2.75, 3.05) is 25.6 Å². The van der Waals surface area contributed by atoms with E-state index < -0.39 is 0 Å². The Hall–Kier alpha value is 0.0300. The number of hydrogen-bond donors (Lipinski definition) is 1. The fourth-order valence-electron chi connectivity index (χ4n) is 1.79. The molecule has 0 radical (unpaired) electrons. The second-order valence-corrected chi connectivity index (χ2v) is 5.96. The first-order chi connectivity index (χ1) is 8.10. The van der Waals surface area contributed by atoms with Gasteiger partial charge in [0.05, 0.1) is 6.04 Å². The molecular weight excluding hydrogens is 300 g/mol. The Morgan fingerprint density at radius 1 is 1.53 bits per heavy atom. The zero-order valence-corrected chi connectivity index (χ0v) is 13.1. The van der Waals surface area contributed by atoms with Crippen LogP contribution in [0.2, 0.25) is 0 Å². The number of nitrogens with two attached hydrogens (primary N) is 1. The minimum Gasteiger partial charge on any atom is -0.453 e. The van der Waals surface area contributed by atoms with E-state index in [4.69, 9.17) is 10.2 Å². The van der Waals surface area contributed by atoms with Crippen molar-refractivity contribution in [3.8, 4) is 0 Å². The van der Waals surface area contributed by atoms with Gasteiger partial charge in [-0.2, -0.15) is 11.8 Å². The molecule has 1 aromatic rings. The average Bonchev–Trinajstić information content (AvgIpc) is 2.73. The number of furan rings is 1. The van der Waals surface area contributed by atoms with E-state index in [2.05, 4.69) is 41.1 Å². The number of thioether (sulfide) groups is 1. The highest BCUT2D eigenvalue weighted by Gasteiger charge is 2.22. The quantitative estimate of drug-likeness (QED) is 0.838. The van der Waals surface area contributed by atoms with Crippen LogP contribution in [0.1, 0.15) is 25.1 Å². The molecule has 1 heterocycles. The van der Waals surface area contributed by atoms with Gasteiger partial charge < -0.3 is 10.2 Å². The summed E-state index contributed by atoms with van der Waals surface area (Å²) in [6.45, 7) is 2.80. The smallest absolute Gasteiger partial charge is 0.169 e. The SMILES string of the molecule is CSCCC(C)N(C)C(CN)c1ccc(Br)o1. The maximum atomic E-state index is 5.86. The molecule has 3 nitrogen and oxygen atoms in total. The van der Waals surface area contributed by atoms with E-state index >= 15 is 0 Å². The first-order valence-corrected chi connectivity index (χ1v) is 7.95. The second-order valence-electron chi connectivity index (χ2n) is 4.19. The lowest BCUT2D eigenvalue weighted by Crippen LogP contribution is -2.37. The molecule has 2 N–H and O–H groups in total. The molecule has 0 aliphatic carbocycles. The molecule has 1 rings (SSSR count). The highest BCUT2D eigenvalue weighted by Crippen LogP contribution is 2.25. The van der Waals surface area contributed by atoms with Gasteiger partial charge in [0.2, 0.25) is 0 Å². The first kappa shape index (κ1) is 15.1. The molecule has 0 saturated carbocycles. The Balaban J connectivity index is 2.66. The lowest BCUT2D eigenvalue weighted by atomic mass is 10.1. The fraction of sp³-hybridized carbons (Fsp3) is 0.667. The van der Waals surface area contributed by atoms with E-state index in [0.29, 0.717) is 12.6 Å². The summed E-state index contributed by atoms with van der Waals surface area (Å²) in [5.74, 6) is 2.10. The van der Waals surface area contributed by atoms with Crippen LogP contribution in [0.25, 0.3) is 0 Å². The molecular formula is C12H21BrN2OS. The van der Waals surface area contributed by atoms with Crippen molar-refractivity contribution in [2.45, 2.75) is 25.4 Å². The number of nitrogens with zero attached hydrogens (tertiary/aromatic N) is 1. The summed E-state index contributed by atoms with van der Waals surface area (Å²) in [7, 11) is 2.11. The van der Waals surface area contributed by atoms with E-state index in [1.807, 2.05) is 23.9 Å². The number of rotatable bonds is 7. The summed E-state index contributed by atoms with van der Waals surface area (Å²) in [5.41, 5.74) is 5.86. The number of hydrogen-bond acceptors (Lipinski definition) is 4. The van der Waals surface area contributed by atoms with Gasteiger partial charge in [-0.3, -0.25) is 4.90 Å². The van der Waals surface area contributed by atoms with E-state index in [1.165, 1.54) is 5.75 Å². The van der Waals surface area contributed by atoms with Crippen LogP contribution in [-0.4, -0.2) is 36.5 Å². The predicted octanol–water partition coefficient (Wildman–Crippen LogP) is 3.12. The highest BCUT2D eigenvalue weighted by atomic mass is 79.9. The van der Waals surface area contributed by atoms with Crippen LogP contribution in [0, 0.1) is 0 Å². The monoisotopic (exact) mass is 320 g/mol. The summed E-state index contributed by atoms with van der Waals surface area (Å²) in [5, 5.41) is 0. The fourth-order valence-corrected chi connectivity index (χ4v) is 2.69. The molecule has 0 aliphatic heterocycles. The lowest BCUT2D eigenvalue weighted by molar-refractivity contribution is 0.164. The van der Waals surface area contributed by atoms with Crippen LogP contribution >= 0.6 is 27.7 Å². The molecule has 0 amide bonds. The number of halogens is 1. The molecule has 98 valence electrons.